The van der Waals surface area contributed by atoms with E-state index in [9.17, 15) is 43.5 Å². The lowest BCUT2D eigenvalue weighted by molar-refractivity contribution is -0.161. The number of aliphatic hydroxyl groups excluding tert-OH is 2. The Morgan fingerprint density at radius 3 is 0.966 bits per heavy atom. The van der Waals surface area contributed by atoms with E-state index in [1.165, 1.54) is 51.4 Å². The van der Waals surface area contributed by atoms with Gasteiger partial charge in [0.2, 0.25) is 0 Å². The number of phosphoric ester groups is 2. The summed E-state index contributed by atoms with van der Waals surface area (Å²) in [4.78, 5) is 58.3. The molecule has 4 N–H and O–H groups in total. The fourth-order valence-corrected chi connectivity index (χ4v) is 10.1. The normalized spacial score (nSPS) is 15.0. The molecule has 0 amide bonds. The third-order valence-electron chi connectivity index (χ3n) is 13.7. The van der Waals surface area contributed by atoms with Gasteiger partial charge in [-0.25, -0.2) is 9.13 Å². The van der Waals surface area contributed by atoms with Crippen LogP contribution in [-0.4, -0.2) is 95.9 Å². The summed E-state index contributed by atoms with van der Waals surface area (Å²) in [5, 5.41) is 20.5. The highest BCUT2D eigenvalue weighted by Crippen LogP contribution is 2.45. The van der Waals surface area contributed by atoms with E-state index in [1.807, 2.05) is 0 Å². The smallest absolute Gasteiger partial charge is 0.463 e. The van der Waals surface area contributed by atoms with Gasteiger partial charge >= 0.3 is 33.6 Å². The Kier molecular flexibility index (Phi) is 61.2. The molecule has 0 aromatic heterocycles. The van der Waals surface area contributed by atoms with Crippen LogP contribution in [0.5, 0.6) is 0 Å². The molecule has 0 aromatic carbocycles. The molecule has 0 spiro atoms. The molecule has 18 heteroatoms. The molecule has 0 aliphatic carbocycles. The minimum atomic E-state index is -4.93. The van der Waals surface area contributed by atoms with Gasteiger partial charge in [0.25, 0.3) is 0 Å². The quantitative estimate of drug-likeness (QED) is 0.0146. The lowest BCUT2D eigenvalue weighted by Gasteiger charge is -2.21. The van der Waals surface area contributed by atoms with E-state index in [-0.39, 0.29) is 19.3 Å². The van der Waals surface area contributed by atoms with Crippen molar-refractivity contribution in [2.24, 2.45) is 0 Å². The summed E-state index contributed by atoms with van der Waals surface area (Å²) in [7, 11) is -9.79. The highest BCUT2D eigenvalue weighted by atomic mass is 31.2. The van der Waals surface area contributed by atoms with E-state index < -0.39 is 91.5 Å². The second-order valence-electron chi connectivity index (χ2n) is 22.2. The van der Waals surface area contributed by atoms with Crippen LogP contribution in [0.15, 0.2) is 122 Å². The van der Waals surface area contributed by atoms with Crippen LogP contribution in [0.3, 0.4) is 0 Å². The van der Waals surface area contributed by atoms with Crippen molar-refractivity contribution in [3.63, 3.8) is 0 Å². The average molecular weight is 1290 g/mol. The molecule has 0 rings (SSSR count). The number of hydrogen-bond acceptors (Lipinski definition) is 14. The van der Waals surface area contributed by atoms with Crippen LogP contribution >= 0.6 is 15.6 Å². The molecule has 5 atom stereocenters. The summed E-state index contributed by atoms with van der Waals surface area (Å²) >= 11 is 0. The van der Waals surface area contributed by atoms with Gasteiger partial charge in [0.15, 0.2) is 6.10 Å². The molecular formula is C71H120O16P2. The van der Waals surface area contributed by atoms with Gasteiger partial charge in [-0.2, -0.15) is 0 Å². The van der Waals surface area contributed by atoms with Crippen molar-refractivity contribution in [1.82, 2.24) is 0 Å². The summed E-state index contributed by atoms with van der Waals surface area (Å²) in [6, 6.07) is 0. The largest absolute Gasteiger partial charge is 0.472 e. The zero-order valence-corrected chi connectivity index (χ0v) is 56.8. The highest BCUT2D eigenvalue weighted by Gasteiger charge is 2.29. The first-order chi connectivity index (χ1) is 43.2. The maximum atomic E-state index is 12.9. The van der Waals surface area contributed by atoms with Crippen LogP contribution in [-0.2, 0) is 55.8 Å². The minimum Gasteiger partial charge on any atom is -0.463 e. The van der Waals surface area contributed by atoms with Crippen LogP contribution in [0.25, 0.3) is 0 Å². The zero-order valence-electron chi connectivity index (χ0n) is 55.1. The number of aliphatic hydroxyl groups is 2. The van der Waals surface area contributed by atoms with Crippen molar-refractivity contribution in [2.45, 2.75) is 270 Å². The Balaban J connectivity index is 4.69. The van der Waals surface area contributed by atoms with Gasteiger partial charge in [0.05, 0.1) is 26.4 Å². The average Bonchev–Trinajstić information content (AvgIpc) is 3.55. The third kappa shape index (κ3) is 65.3. The highest BCUT2D eigenvalue weighted by molar-refractivity contribution is 7.47. The first kappa shape index (κ1) is 85.0. The van der Waals surface area contributed by atoms with E-state index in [4.69, 9.17) is 32.3 Å². The van der Waals surface area contributed by atoms with Gasteiger partial charge in [0, 0.05) is 19.3 Å². The number of esters is 3. The third-order valence-corrected chi connectivity index (χ3v) is 15.6. The maximum Gasteiger partial charge on any atom is 0.472 e. The molecule has 0 aliphatic rings. The van der Waals surface area contributed by atoms with Gasteiger partial charge in [-0.1, -0.05) is 245 Å². The molecule has 0 fully saturated rings. The number of allylic oxidation sites excluding steroid dienone is 20. The SMILES string of the molecule is CC/C=C\C/C=C\C/C=C\C/C=C\C/C=C\C/C=C\CCCCC(=O)OCC(O)COP(=O)(O)OCC(O)COP(=O)(O)OCC(COC(=O)CCCCCCCC/C=C\C/C=C\C/C=C\C/C=C\CC)OC(=O)CCCCCCCCCCCCCCC. The van der Waals surface area contributed by atoms with E-state index in [1.54, 1.807) is 0 Å². The van der Waals surface area contributed by atoms with Crippen molar-refractivity contribution in [3.8, 4) is 0 Å². The number of carbonyl (C=O) groups is 3. The predicted molar refractivity (Wildman–Crippen MR) is 362 cm³/mol. The molecule has 0 aliphatic heterocycles. The Morgan fingerprint density at radius 2 is 0.596 bits per heavy atom. The monoisotopic (exact) mass is 1290 g/mol. The lowest BCUT2D eigenvalue weighted by Crippen LogP contribution is -2.30. The summed E-state index contributed by atoms with van der Waals surface area (Å²) < 4.78 is 60.8. The maximum absolute atomic E-state index is 12.9. The van der Waals surface area contributed by atoms with Crippen molar-refractivity contribution >= 4 is 33.6 Å². The fraction of sp³-hybridized carbons (Fsp3) is 0.676. The summed E-state index contributed by atoms with van der Waals surface area (Å²) in [5.41, 5.74) is 0. The first-order valence-electron chi connectivity index (χ1n) is 33.8. The van der Waals surface area contributed by atoms with Gasteiger partial charge < -0.3 is 34.2 Å². The molecular weight excluding hydrogens is 1170 g/mol. The van der Waals surface area contributed by atoms with Crippen LogP contribution in [0, 0.1) is 0 Å². The molecule has 16 nitrogen and oxygen atoms in total. The second kappa shape index (κ2) is 64.1. The lowest BCUT2D eigenvalue weighted by atomic mass is 10.0. The predicted octanol–water partition coefficient (Wildman–Crippen LogP) is 18.6. The molecule has 0 saturated heterocycles. The fourth-order valence-electron chi connectivity index (χ4n) is 8.56. The summed E-state index contributed by atoms with van der Waals surface area (Å²) in [6.07, 6.45) is 72.5. The molecule has 0 bridgehead atoms. The van der Waals surface area contributed by atoms with Gasteiger partial charge in [-0.05, 0) is 109 Å². The molecule has 5 unspecified atom stereocenters. The molecule has 0 heterocycles. The number of hydrogen-bond donors (Lipinski definition) is 4. The van der Waals surface area contributed by atoms with Crippen LogP contribution in [0.1, 0.15) is 252 Å². The number of ether oxygens (including phenoxy) is 3. The Labute approximate surface area is 538 Å². The van der Waals surface area contributed by atoms with E-state index in [0.717, 1.165) is 141 Å². The molecule has 0 radical (unpaired) electrons. The Hall–Kier alpha value is -4.05. The zero-order chi connectivity index (χ0) is 65.3. The number of rotatable bonds is 63. The minimum absolute atomic E-state index is 0.100. The number of phosphoric acid groups is 2. The Bertz CT molecular complexity index is 2110. The van der Waals surface area contributed by atoms with Crippen LogP contribution in [0.4, 0.5) is 0 Å². The van der Waals surface area contributed by atoms with Crippen LogP contribution < -0.4 is 0 Å². The number of unbranched alkanes of at least 4 members (excludes halogenated alkanes) is 20. The second-order valence-corrected chi connectivity index (χ2v) is 25.1. The van der Waals surface area contributed by atoms with Crippen molar-refractivity contribution < 1.29 is 75.8 Å². The topological polar surface area (TPSA) is 231 Å². The van der Waals surface area contributed by atoms with Gasteiger partial charge in [-0.3, -0.25) is 32.5 Å². The van der Waals surface area contributed by atoms with Crippen molar-refractivity contribution in [2.75, 3.05) is 39.6 Å². The van der Waals surface area contributed by atoms with Gasteiger partial charge in [0.1, 0.15) is 25.4 Å². The van der Waals surface area contributed by atoms with Crippen LogP contribution in [0.2, 0.25) is 0 Å². The van der Waals surface area contributed by atoms with Gasteiger partial charge in [-0.15, -0.1) is 0 Å². The van der Waals surface area contributed by atoms with E-state index in [2.05, 4.69) is 142 Å². The number of carbonyl (C=O) groups excluding carboxylic acids is 3. The van der Waals surface area contributed by atoms with Crippen molar-refractivity contribution in [1.29, 1.82) is 0 Å². The molecule has 510 valence electrons. The van der Waals surface area contributed by atoms with Crippen molar-refractivity contribution in [3.05, 3.63) is 122 Å². The molecule has 89 heavy (non-hydrogen) atoms. The Morgan fingerprint density at radius 1 is 0.326 bits per heavy atom. The summed E-state index contributed by atoms with van der Waals surface area (Å²) in [5.74, 6) is -1.63. The summed E-state index contributed by atoms with van der Waals surface area (Å²) in [6.45, 7) is 2.36. The van der Waals surface area contributed by atoms with E-state index in [0.29, 0.717) is 19.3 Å². The van der Waals surface area contributed by atoms with E-state index >= 15 is 0 Å². The standard InChI is InChI=1S/C71H120O16P2/c1-4-7-10-13-16-19-22-25-27-29-31-32-34-36-37-40-42-45-48-51-54-57-69(74)81-60-66(72)61-83-88(77,78)84-62-67(73)63-85-89(79,80)86-65-68(87-71(76)59-56-53-50-47-44-39-24-21-18-15-12-9-6-3)64-82-70(75)58-55-52-49-46-43-41-38-35-33-30-28-26-23-20-17-14-11-8-5-2/h7-8,10-11,16-17,19-20,25-28,31-33,35-37,42,45,66-68,72-73H,4-6,9,12-15,18,21-24,29-30,34,38-41,43-44,46-65H2,1-3H3,(H,77,78)(H,79,80)/b10-7-,11-8-,19-16-,20-17-,27-25-,28-26-,32-31-,35-33-,37-36-,45-42-. The molecule has 0 saturated carbocycles. The molecule has 0 aromatic rings. The first-order valence-corrected chi connectivity index (χ1v) is 36.8.